The molecule has 0 aliphatic carbocycles. The SMILES string of the molecule is CCOCCNC(=NC)NCCc1c[nH]c2ccc(Cl)cc12.I. The fourth-order valence-corrected chi connectivity index (χ4v) is 2.45. The fraction of sp³-hybridized carbons (Fsp3) is 0.438. The van der Waals surface area contributed by atoms with Crippen LogP contribution in [0, 0.1) is 0 Å². The highest BCUT2D eigenvalue weighted by molar-refractivity contribution is 14.0. The van der Waals surface area contributed by atoms with Crippen LogP contribution >= 0.6 is 35.6 Å². The van der Waals surface area contributed by atoms with Gasteiger partial charge in [-0.05, 0) is 37.1 Å². The average Bonchev–Trinajstić information content (AvgIpc) is 2.92. The summed E-state index contributed by atoms with van der Waals surface area (Å²) < 4.78 is 5.29. The van der Waals surface area contributed by atoms with Crippen LogP contribution in [0.1, 0.15) is 12.5 Å². The van der Waals surface area contributed by atoms with Crippen molar-refractivity contribution in [3.8, 4) is 0 Å². The number of ether oxygens (including phenoxy) is 1. The van der Waals surface area contributed by atoms with E-state index in [9.17, 15) is 0 Å². The van der Waals surface area contributed by atoms with Crippen molar-refractivity contribution in [3.63, 3.8) is 0 Å². The Morgan fingerprint density at radius 1 is 1.30 bits per heavy atom. The van der Waals surface area contributed by atoms with E-state index in [0.29, 0.717) is 6.61 Å². The van der Waals surface area contributed by atoms with Crippen molar-refractivity contribution >= 4 is 52.4 Å². The lowest BCUT2D eigenvalue weighted by Crippen LogP contribution is -2.39. The predicted octanol–water partition coefficient (Wildman–Crippen LogP) is 3.18. The van der Waals surface area contributed by atoms with Crippen LogP contribution in [0.4, 0.5) is 0 Å². The molecule has 0 fully saturated rings. The molecule has 7 heteroatoms. The zero-order chi connectivity index (χ0) is 15.8. The zero-order valence-electron chi connectivity index (χ0n) is 13.5. The molecule has 0 unspecified atom stereocenters. The number of hydrogen-bond acceptors (Lipinski definition) is 2. The summed E-state index contributed by atoms with van der Waals surface area (Å²) in [5.41, 5.74) is 2.35. The van der Waals surface area contributed by atoms with Crippen molar-refractivity contribution < 1.29 is 4.74 Å². The molecule has 0 amide bonds. The summed E-state index contributed by atoms with van der Waals surface area (Å²) in [5, 5.41) is 8.45. The number of nitrogens with zero attached hydrogens (tertiary/aromatic N) is 1. The lowest BCUT2D eigenvalue weighted by atomic mass is 10.1. The first-order chi connectivity index (χ1) is 10.7. The van der Waals surface area contributed by atoms with Gasteiger partial charge in [-0.25, -0.2) is 0 Å². The Kier molecular flexibility index (Phi) is 9.35. The Hall–Kier alpha value is -0.990. The monoisotopic (exact) mass is 450 g/mol. The number of aliphatic imine (C=N–C) groups is 1. The number of rotatable bonds is 7. The largest absolute Gasteiger partial charge is 0.380 e. The van der Waals surface area contributed by atoms with Gasteiger partial charge in [-0.1, -0.05) is 11.6 Å². The van der Waals surface area contributed by atoms with Gasteiger partial charge in [0.05, 0.1) is 6.61 Å². The molecule has 0 radical (unpaired) electrons. The topological polar surface area (TPSA) is 61.4 Å². The number of aromatic nitrogens is 1. The second-order valence-electron chi connectivity index (χ2n) is 4.88. The van der Waals surface area contributed by atoms with Gasteiger partial charge in [0.1, 0.15) is 0 Å². The molecule has 1 aromatic heterocycles. The second kappa shape index (κ2) is 10.7. The van der Waals surface area contributed by atoms with E-state index in [0.717, 1.165) is 42.6 Å². The van der Waals surface area contributed by atoms with Crippen LogP contribution in [-0.4, -0.2) is 44.3 Å². The molecule has 0 spiro atoms. The third kappa shape index (κ3) is 6.19. The van der Waals surface area contributed by atoms with Gasteiger partial charge in [0.2, 0.25) is 0 Å². The number of benzene rings is 1. The Bertz CT molecular complexity index is 630. The van der Waals surface area contributed by atoms with Gasteiger partial charge < -0.3 is 20.4 Å². The second-order valence-corrected chi connectivity index (χ2v) is 5.31. The number of hydrogen-bond donors (Lipinski definition) is 3. The standard InChI is InChI=1S/C16H23ClN4O.HI/c1-3-22-9-8-20-16(18-2)19-7-6-12-11-21-15-5-4-13(17)10-14(12)15;/h4-5,10-11,21H,3,6-9H2,1-2H3,(H2,18,19,20);1H. The Balaban J connectivity index is 0.00000264. The van der Waals surface area contributed by atoms with Crippen molar-refractivity contribution in [2.45, 2.75) is 13.3 Å². The number of H-pyrrole nitrogens is 1. The van der Waals surface area contributed by atoms with E-state index < -0.39 is 0 Å². The smallest absolute Gasteiger partial charge is 0.191 e. The van der Waals surface area contributed by atoms with Crippen molar-refractivity contribution in [1.29, 1.82) is 0 Å². The summed E-state index contributed by atoms with van der Waals surface area (Å²) in [6.45, 7) is 4.94. The van der Waals surface area contributed by atoms with E-state index >= 15 is 0 Å². The molecule has 1 heterocycles. The summed E-state index contributed by atoms with van der Waals surface area (Å²) in [7, 11) is 1.77. The Morgan fingerprint density at radius 2 is 2.09 bits per heavy atom. The molecule has 1 aromatic carbocycles. The van der Waals surface area contributed by atoms with Crippen molar-refractivity contribution in [3.05, 3.63) is 35.0 Å². The minimum absolute atomic E-state index is 0. The van der Waals surface area contributed by atoms with Crippen LogP contribution in [0.25, 0.3) is 10.9 Å². The lowest BCUT2D eigenvalue weighted by Gasteiger charge is -2.11. The van der Waals surface area contributed by atoms with Crippen LogP contribution in [0.5, 0.6) is 0 Å². The summed E-state index contributed by atoms with van der Waals surface area (Å²) >= 11 is 6.07. The van der Waals surface area contributed by atoms with Gasteiger partial charge >= 0.3 is 0 Å². The molecule has 2 rings (SSSR count). The maximum Gasteiger partial charge on any atom is 0.191 e. The van der Waals surface area contributed by atoms with Gasteiger partial charge in [0, 0.05) is 48.9 Å². The van der Waals surface area contributed by atoms with Crippen LogP contribution < -0.4 is 10.6 Å². The van der Waals surface area contributed by atoms with Crippen molar-refractivity contribution in [1.82, 2.24) is 15.6 Å². The molecule has 0 atom stereocenters. The molecular formula is C16H24ClIN4O. The molecule has 0 saturated carbocycles. The molecule has 2 aromatic rings. The molecule has 3 N–H and O–H groups in total. The van der Waals surface area contributed by atoms with Crippen LogP contribution in [0.15, 0.2) is 29.4 Å². The zero-order valence-corrected chi connectivity index (χ0v) is 16.6. The maximum atomic E-state index is 6.07. The van der Waals surface area contributed by atoms with Crippen molar-refractivity contribution in [2.24, 2.45) is 4.99 Å². The highest BCUT2D eigenvalue weighted by Gasteiger charge is 2.04. The van der Waals surface area contributed by atoms with Crippen LogP contribution in [-0.2, 0) is 11.2 Å². The van der Waals surface area contributed by atoms with Crippen LogP contribution in [0.2, 0.25) is 5.02 Å². The first-order valence-electron chi connectivity index (χ1n) is 7.52. The maximum absolute atomic E-state index is 6.07. The minimum Gasteiger partial charge on any atom is -0.380 e. The van der Waals surface area contributed by atoms with Gasteiger partial charge in [-0.3, -0.25) is 4.99 Å². The molecule has 0 aliphatic heterocycles. The van der Waals surface area contributed by atoms with E-state index in [1.807, 2.05) is 31.3 Å². The number of fused-ring (bicyclic) bond motifs is 1. The summed E-state index contributed by atoms with van der Waals surface area (Å²) in [4.78, 5) is 7.46. The fourth-order valence-electron chi connectivity index (χ4n) is 2.28. The summed E-state index contributed by atoms with van der Waals surface area (Å²) in [5.74, 6) is 0.789. The lowest BCUT2D eigenvalue weighted by molar-refractivity contribution is 0.152. The first kappa shape index (κ1) is 20.1. The molecule has 0 bridgehead atoms. The first-order valence-corrected chi connectivity index (χ1v) is 7.90. The number of guanidine groups is 1. The van der Waals surface area contributed by atoms with Gasteiger partial charge in [-0.15, -0.1) is 24.0 Å². The predicted molar refractivity (Wildman–Crippen MR) is 108 cm³/mol. The van der Waals surface area contributed by atoms with Crippen molar-refractivity contribution in [2.75, 3.05) is 33.4 Å². The van der Waals surface area contributed by atoms with Gasteiger partial charge in [0.25, 0.3) is 0 Å². The van der Waals surface area contributed by atoms with E-state index in [1.54, 1.807) is 7.05 Å². The highest BCUT2D eigenvalue weighted by atomic mass is 127. The van der Waals surface area contributed by atoms with E-state index in [2.05, 4.69) is 20.6 Å². The Labute approximate surface area is 159 Å². The third-order valence-electron chi connectivity index (χ3n) is 3.38. The van der Waals surface area contributed by atoms with E-state index in [4.69, 9.17) is 16.3 Å². The van der Waals surface area contributed by atoms with E-state index in [-0.39, 0.29) is 24.0 Å². The third-order valence-corrected chi connectivity index (χ3v) is 3.62. The minimum atomic E-state index is 0. The number of halogens is 2. The van der Waals surface area contributed by atoms with Gasteiger partial charge in [-0.2, -0.15) is 0 Å². The normalized spacial score (nSPS) is 11.3. The van der Waals surface area contributed by atoms with Crippen LogP contribution in [0.3, 0.4) is 0 Å². The summed E-state index contributed by atoms with van der Waals surface area (Å²) in [6, 6.07) is 5.90. The molecular weight excluding hydrogens is 427 g/mol. The molecule has 128 valence electrons. The van der Waals surface area contributed by atoms with E-state index in [1.165, 1.54) is 10.9 Å². The average molecular weight is 451 g/mol. The molecule has 0 saturated heterocycles. The van der Waals surface area contributed by atoms with Gasteiger partial charge in [0.15, 0.2) is 5.96 Å². The molecule has 0 aliphatic rings. The Morgan fingerprint density at radius 3 is 2.83 bits per heavy atom. The highest BCUT2D eigenvalue weighted by Crippen LogP contribution is 2.22. The number of aromatic amines is 1. The summed E-state index contributed by atoms with van der Waals surface area (Å²) in [6.07, 6.45) is 2.93. The number of nitrogens with one attached hydrogen (secondary N) is 3. The quantitative estimate of drug-likeness (QED) is 0.263. The molecule has 23 heavy (non-hydrogen) atoms. The molecule has 5 nitrogen and oxygen atoms in total.